The number of nitrogens with one attached hydrogen (secondary N) is 3. The van der Waals surface area contributed by atoms with Crippen LogP contribution in [0.1, 0.15) is 72.9 Å². The molecule has 6 rings (SSSR count). The summed E-state index contributed by atoms with van der Waals surface area (Å²) in [5.74, 6) is -0.751. The highest BCUT2D eigenvalue weighted by Gasteiger charge is 2.47. The molecule has 2 aromatic heterocycles. The molecule has 2 aromatic carbocycles. The molecule has 4 aromatic rings. The van der Waals surface area contributed by atoms with Gasteiger partial charge in [-0.15, -0.1) is 0 Å². The van der Waals surface area contributed by atoms with Gasteiger partial charge in [-0.05, 0) is 63.4 Å². The third-order valence-electron chi connectivity index (χ3n) is 9.26. The molecule has 0 saturated carbocycles. The van der Waals surface area contributed by atoms with Crippen LogP contribution in [0.4, 0.5) is 5.82 Å². The van der Waals surface area contributed by atoms with Gasteiger partial charge in [0.05, 0.1) is 6.33 Å². The van der Waals surface area contributed by atoms with Gasteiger partial charge in [0.2, 0.25) is 5.82 Å². The van der Waals surface area contributed by atoms with E-state index in [1.54, 1.807) is 6.92 Å². The fraction of sp³-hybridized carbons (Fsp3) is 0.472. The molecule has 0 unspecified atom stereocenters. The van der Waals surface area contributed by atoms with Crippen LogP contribution in [-0.2, 0) is 9.53 Å². The van der Waals surface area contributed by atoms with Crippen molar-refractivity contribution in [2.75, 3.05) is 44.6 Å². The standard InChI is InChI=1S/C36H46N8O5/c1-2-37-34(47)30-28(45)29(46)36(49-30)44-23-40-27-31(39-22-26(24-14-6-3-7-15-24)25-16-8-4-9-17-25)41-32(42-33(27)44)35(48)38-18-10-13-21-43-19-11-5-12-20-43/h3-4,6-9,14-17,23,26,28-30,36,45-46H,2,5,10-13,18-22H2,1H3,(H,37,47)(H,38,48)(H,39,41,42)/t28-,29+,30-,36+/m0/s1. The Bertz CT molecular complexity index is 1640. The number of ether oxygens (including phenoxy) is 1. The second-order valence-electron chi connectivity index (χ2n) is 12.7. The largest absolute Gasteiger partial charge is 0.387 e. The van der Waals surface area contributed by atoms with Crippen molar-refractivity contribution < 1.29 is 24.5 Å². The molecule has 49 heavy (non-hydrogen) atoms. The zero-order chi connectivity index (χ0) is 34.2. The molecule has 2 saturated heterocycles. The van der Waals surface area contributed by atoms with Gasteiger partial charge >= 0.3 is 0 Å². The minimum Gasteiger partial charge on any atom is -0.387 e. The molecular weight excluding hydrogens is 624 g/mol. The first-order valence-electron chi connectivity index (χ1n) is 17.3. The van der Waals surface area contributed by atoms with Crippen LogP contribution in [0.25, 0.3) is 11.2 Å². The molecule has 2 fully saturated rings. The maximum absolute atomic E-state index is 13.5. The van der Waals surface area contributed by atoms with Crippen LogP contribution in [0.15, 0.2) is 67.0 Å². The van der Waals surface area contributed by atoms with Crippen LogP contribution in [-0.4, -0.2) is 104 Å². The molecular formula is C36H46N8O5. The van der Waals surface area contributed by atoms with E-state index in [0.29, 0.717) is 31.0 Å². The molecule has 0 spiro atoms. The predicted molar refractivity (Wildman–Crippen MR) is 185 cm³/mol. The SMILES string of the molecule is CCNC(=O)[C@H]1O[C@@H](n2cnc3c(NCC(c4ccccc4)c4ccccc4)nc(C(=O)NCCCCN4CCCCC4)nc32)[C@H](O)[C@@H]1O. The minimum atomic E-state index is -1.47. The smallest absolute Gasteiger partial charge is 0.289 e. The molecule has 0 radical (unpaired) electrons. The summed E-state index contributed by atoms with van der Waals surface area (Å²) in [6.07, 6.45) is 1.62. The number of benzene rings is 2. The number of anilines is 1. The molecule has 2 amide bonds. The Hall–Kier alpha value is -4.43. The Morgan fingerprint density at radius 1 is 0.918 bits per heavy atom. The van der Waals surface area contributed by atoms with Crippen LogP contribution in [0.5, 0.6) is 0 Å². The van der Waals surface area contributed by atoms with Gasteiger partial charge in [-0.2, -0.15) is 0 Å². The number of likely N-dealkylation sites (tertiary alicyclic amines) is 1. The van der Waals surface area contributed by atoms with Gasteiger partial charge in [0.15, 0.2) is 29.3 Å². The summed E-state index contributed by atoms with van der Waals surface area (Å²) in [5, 5.41) is 30.7. The maximum Gasteiger partial charge on any atom is 0.289 e. The van der Waals surface area contributed by atoms with Gasteiger partial charge in [-0.1, -0.05) is 67.1 Å². The van der Waals surface area contributed by atoms with E-state index in [2.05, 4.69) is 60.1 Å². The Morgan fingerprint density at radius 3 is 2.29 bits per heavy atom. The van der Waals surface area contributed by atoms with Crippen molar-refractivity contribution in [1.29, 1.82) is 0 Å². The molecule has 13 nitrogen and oxygen atoms in total. The number of aromatic nitrogens is 4. The molecule has 0 aliphatic carbocycles. The van der Waals surface area contributed by atoms with Crippen molar-refractivity contribution in [1.82, 2.24) is 35.1 Å². The molecule has 13 heteroatoms. The Balaban J connectivity index is 1.26. The number of rotatable bonds is 14. The fourth-order valence-corrected chi connectivity index (χ4v) is 6.63. The highest BCUT2D eigenvalue weighted by molar-refractivity contribution is 5.94. The first kappa shape index (κ1) is 34.4. The number of aliphatic hydroxyl groups is 2. The lowest BCUT2D eigenvalue weighted by Crippen LogP contribution is -2.42. The van der Waals surface area contributed by atoms with Crippen molar-refractivity contribution in [3.05, 3.63) is 83.9 Å². The van der Waals surface area contributed by atoms with Gasteiger partial charge in [-0.3, -0.25) is 14.2 Å². The lowest BCUT2D eigenvalue weighted by molar-refractivity contribution is -0.137. The summed E-state index contributed by atoms with van der Waals surface area (Å²) < 4.78 is 7.32. The number of carbonyl (C=O) groups is 2. The Kier molecular flexibility index (Phi) is 11.5. The van der Waals surface area contributed by atoms with Crippen molar-refractivity contribution >= 4 is 28.8 Å². The summed E-state index contributed by atoms with van der Waals surface area (Å²) in [6, 6.07) is 20.2. The average Bonchev–Trinajstić information content (AvgIpc) is 3.69. The Morgan fingerprint density at radius 2 is 1.61 bits per heavy atom. The number of unbranched alkanes of at least 4 members (excludes halogenated alkanes) is 1. The highest BCUT2D eigenvalue weighted by atomic mass is 16.6. The van der Waals surface area contributed by atoms with Crippen molar-refractivity contribution in [3.8, 4) is 0 Å². The van der Waals surface area contributed by atoms with Gasteiger partial charge in [0, 0.05) is 25.6 Å². The number of likely N-dealkylation sites (N-methyl/N-ethyl adjacent to an activating group) is 1. The van der Waals surface area contributed by atoms with Gasteiger partial charge in [-0.25, -0.2) is 15.0 Å². The number of fused-ring (bicyclic) bond motifs is 1. The summed E-state index contributed by atoms with van der Waals surface area (Å²) >= 11 is 0. The summed E-state index contributed by atoms with van der Waals surface area (Å²) in [5.41, 5.74) is 2.78. The lowest BCUT2D eigenvalue weighted by Gasteiger charge is -2.26. The van der Waals surface area contributed by atoms with Gasteiger partial charge in [0.25, 0.3) is 11.8 Å². The average molecular weight is 671 g/mol. The molecule has 4 atom stereocenters. The zero-order valence-electron chi connectivity index (χ0n) is 27.9. The van der Waals surface area contributed by atoms with Crippen molar-refractivity contribution in [3.63, 3.8) is 0 Å². The zero-order valence-corrected chi connectivity index (χ0v) is 27.9. The summed E-state index contributed by atoms with van der Waals surface area (Å²) in [7, 11) is 0. The molecule has 2 aliphatic rings. The van der Waals surface area contributed by atoms with E-state index >= 15 is 0 Å². The molecule has 5 N–H and O–H groups in total. The van der Waals surface area contributed by atoms with Crippen LogP contribution in [0, 0.1) is 0 Å². The normalized spacial score (nSPS) is 21.2. The number of hydrogen-bond donors (Lipinski definition) is 5. The maximum atomic E-state index is 13.5. The van der Waals surface area contributed by atoms with E-state index in [9.17, 15) is 19.8 Å². The summed E-state index contributed by atoms with van der Waals surface area (Å²) in [6.45, 7) is 6.30. The Labute approximate surface area is 286 Å². The highest BCUT2D eigenvalue weighted by Crippen LogP contribution is 2.33. The van der Waals surface area contributed by atoms with Crippen LogP contribution >= 0.6 is 0 Å². The monoisotopic (exact) mass is 670 g/mol. The van der Waals surface area contributed by atoms with Crippen LogP contribution in [0.2, 0.25) is 0 Å². The van der Waals surface area contributed by atoms with Gasteiger partial charge < -0.3 is 35.8 Å². The number of aliphatic hydroxyl groups excluding tert-OH is 2. The number of imidazole rings is 1. The second-order valence-corrected chi connectivity index (χ2v) is 12.7. The topological polar surface area (TPSA) is 167 Å². The molecule has 0 bridgehead atoms. The van der Waals surface area contributed by atoms with E-state index in [-0.39, 0.29) is 17.4 Å². The van der Waals surface area contributed by atoms with Crippen LogP contribution < -0.4 is 16.0 Å². The third kappa shape index (κ3) is 8.07. The first-order valence-corrected chi connectivity index (χ1v) is 17.3. The van der Waals surface area contributed by atoms with E-state index < -0.39 is 36.4 Å². The quantitative estimate of drug-likeness (QED) is 0.126. The van der Waals surface area contributed by atoms with Crippen molar-refractivity contribution in [2.45, 2.75) is 69.5 Å². The number of carbonyl (C=O) groups excluding carboxylic acids is 2. The number of hydrogen-bond acceptors (Lipinski definition) is 10. The third-order valence-corrected chi connectivity index (χ3v) is 9.26. The van der Waals surface area contributed by atoms with Crippen LogP contribution in [0.3, 0.4) is 0 Å². The number of nitrogens with zero attached hydrogens (tertiary/aromatic N) is 5. The molecule has 2 aliphatic heterocycles. The second kappa shape index (κ2) is 16.3. The summed E-state index contributed by atoms with van der Waals surface area (Å²) in [4.78, 5) is 42.3. The predicted octanol–water partition coefficient (Wildman–Crippen LogP) is 2.82. The number of piperidine rings is 1. The van der Waals surface area contributed by atoms with E-state index in [1.165, 1.54) is 30.2 Å². The minimum absolute atomic E-state index is 0.0420. The van der Waals surface area contributed by atoms with E-state index in [1.807, 2.05) is 36.4 Å². The molecule has 260 valence electrons. The van der Waals surface area contributed by atoms with E-state index in [0.717, 1.165) is 43.6 Å². The fourth-order valence-electron chi connectivity index (χ4n) is 6.63. The van der Waals surface area contributed by atoms with Gasteiger partial charge in [0.1, 0.15) is 12.2 Å². The van der Waals surface area contributed by atoms with E-state index in [4.69, 9.17) is 4.74 Å². The first-order chi connectivity index (χ1) is 23.9. The lowest BCUT2D eigenvalue weighted by atomic mass is 9.91. The number of amides is 2. The van der Waals surface area contributed by atoms with Crippen molar-refractivity contribution in [2.24, 2.45) is 0 Å². The molecule has 4 heterocycles.